The molecule has 14 heteroatoms. The van der Waals surface area contributed by atoms with Gasteiger partial charge < -0.3 is 42.0 Å². The van der Waals surface area contributed by atoms with Crippen molar-refractivity contribution >= 4 is 36.3 Å². The molecule has 1 heterocycles. The number of aromatic nitrogens is 2. The highest BCUT2D eigenvalue weighted by atomic mass is 32.1. The number of aliphatic carboxylic acids is 1. The van der Waals surface area contributed by atoms with Crippen LogP contribution < -0.4 is 21.7 Å². The lowest BCUT2D eigenvalue weighted by Gasteiger charge is -2.24. The van der Waals surface area contributed by atoms with Gasteiger partial charge in [0.2, 0.25) is 17.7 Å². The number of imidazole rings is 1. The molecule has 9 N–H and O–H groups in total. The molecule has 0 aliphatic heterocycles. The average molecular weight is 509 g/mol. The summed E-state index contributed by atoms with van der Waals surface area (Å²) in [6.07, 6.45) is 2.63. The van der Waals surface area contributed by atoms with E-state index in [4.69, 9.17) is 5.73 Å². The Labute approximate surface area is 205 Å². The molecule has 190 valence electrons. The molecule has 1 aromatic carbocycles. The summed E-state index contributed by atoms with van der Waals surface area (Å²) in [5.74, 6) is -3.70. The van der Waals surface area contributed by atoms with Crippen LogP contribution in [0.4, 0.5) is 0 Å². The van der Waals surface area contributed by atoms with Gasteiger partial charge in [0.15, 0.2) is 0 Å². The number of carbonyl (C=O) groups excluding carboxylic acids is 3. The predicted octanol–water partition coefficient (Wildman–Crippen LogP) is -2.31. The average Bonchev–Trinajstić information content (AvgIpc) is 3.35. The number of amides is 3. The third-order valence-corrected chi connectivity index (χ3v) is 5.35. The molecule has 4 unspecified atom stereocenters. The Morgan fingerprint density at radius 1 is 0.971 bits per heavy atom. The van der Waals surface area contributed by atoms with Gasteiger partial charge in [-0.1, -0.05) is 12.1 Å². The molecule has 3 amide bonds. The number of H-pyrrole nitrogens is 1. The Morgan fingerprint density at radius 3 is 2.11 bits per heavy atom. The van der Waals surface area contributed by atoms with E-state index < -0.39 is 54.5 Å². The monoisotopic (exact) mass is 508 g/mol. The largest absolute Gasteiger partial charge is 0.508 e. The smallest absolute Gasteiger partial charge is 0.326 e. The van der Waals surface area contributed by atoms with Crippen LogP contribution in [-0.4, -0.2) is 85.5 Å². The molecule has 0 aliphatic carbocycles. The molecule has 0 aliphatic rings. The van der Waals surface area contributed by atoms with Gasteiger partial charge in [-0.05, 0) is 17.7 Å². The summed E-state index contributed by atoms with van der Waals surface area (Å²) in [4.78, 5) is 56.1. The molecule has 2 rings (SSSR count). The number of carbonyl (C=O) groups is 4. The quantitative estimate of drug-likeness (QED) is 0.132. The number of aliphatic hydroxyl groups excluding tert-OH is 1. The van der Waals surface area contributed by atoms with Crippen molar-refractivity contribution in [3.05, 3.63) is 48.0 Å². The van der Waals surface area contributed by atoms with Crippen molar-refractivity contribution in [2.24, 2.45) is 5.73 Å². The summed E-state index contributed by atoms with van der Waals surface area (Å²) < 4.78 is 0. The first-order chi connectivity index (χ1) is 16.6. The normalized spacial score (nSPS) is 14.3. The summed E-state index contributed by atoms with van der Waals surface area (Å²) >= 11 is 3.91. The molecular weight excluding hydrogens is 480 g/mol. The van der Waals surface area contributed by atoms with Gasteiger partial charge in [0, 0.05) is 30.5 Å². The Hall–Kier alpha value is -3.62. The van der Waals surface area contributed by atoms with Gasteiger partial charge in [0.1, 0.15) is 23.9 Å². The number of phenols is 1. The number of nitrogens with two attached hydrogens (primary N) is 1. The van der Waals surface area contributed by atoms with Crippen LogP contribution in [0.15, 0.2) is 36.8 Å². The maximum absolute atomic E-state index is 13.0. The number of aliphatic hydroxyl groups is 1. The number of nitrogens with one attached hydrogen (secondary N) is 4. The van der Waals surface area contributed by atoms with E-state index in [1.165, 1.54) is 36.8 Å². The lowest BCUT2D eigenvalue weighted by atomic mass is 10.0. The van der Waals surface area contributed by atoms with Crippen LogP contribution in [0.2, 0.25) is 0 Å². The van der Waals surface area contributed by atoms with Gasteiger partial charge in [0.25, 0.3) is 0 Å². The van der Waals surface area contributed by atoms with Crippen LogP contribution in [0.1, 0.15) is 11.3 Å². The van der Waals surface area contributed by atoms with E-state index >= 15 is 0 Å². The van der Waals surface area contributed by atoms with E-state index in [9.17, 15) is 34.5 Å². The van der Waals surface area contributed by atoms with Crippen molar-refractivity contribution in [2.75, 3.05) is 12.4 Å². The molecule has 0 saturated heterocycles. The molecule has 0 bridgehead atoms. The highest BCUT2D eigenvalue weighted by Gasteiger charge is 2.30. The number of aromatic amines is 1. The van der Waals surface area contributed by atoms with Gasteiger partial charge in [-0.25, -0.2) is 9.78 Å². The zero-order chi connectivity index (χ0) is 26.0. The Balaban J connectivity index is 2.16. The van der Waals surface area contributed by atoms with Crippen LogP contribution in [0.5, 0.6) is 5.75 Å². The van der Waals surface area contributed by atoms with E-state index in [1.54, 1.807) is 0 Å². The maximum Gasteiger partial charge on any atom is 0.326 e. The topological polar surface area (TPSA) is 220 Å². The van der Waals surface area contributed by atoms with Gasteiger partial charge in [0.05, 0.1) is 19.0 Å². The Morgan fingerprint density at radius 2 is 1.57 bits per heavy atom. The van der Waals surface area contributed by atoms with Crippen molar-refractivity contribution in [3.8, 4) is 5.75 Å². The SMILES string of the molecule is NC(CS)C(=O)NC(CO)C(=O)NC(Cc1cnc[nH]1)C(=O)NC(Cc1ccc(O)cc1)C(=O)O. The van der Waals surface area contributed by atoms with Crippen LogP contribution in [-0.2, 0) is 32.0 Å². The summed E-state index contributed by atoms with van der Waals surface area (Å²) in [5, 5.41) is 35.6. The summed E-state index contributed by atoms with van der Waals surface area (Å²) in [7, 11) is 0. The first-order valence-corrected chi connectivity index (χ1v) is 11.1. The third-order valence-electron chi connectivity index (χ3n) is 4.95. The lowest BCUT2D eigenvalue weighted by Crippen LogP contribution is -2.58. The van der Waals surface area contributed by atoms with E-state index in [0.717, 1.165) is 0 Å². The molecule has 4 atom stereocenters. The fourth-order valence-electron chi connectivity index (χ4n) is 2.99. The summed E-state index contributed by atoms with van der Waals surface area (Å²) in [6.45, 7) is -0.770. The van der Waals surface area contributed by atoms with E-state index in [2.05, 4.69) is 38.5 Å². The number of rotatable bonds is 13. The second-order valence-corrected chi connectivity index (χ2v) is 8.01. The van der Waals surface area contributed by atoms with Gasteiger partial charge in [-0.15, -0.1) is 0 Å². The summed E-state index contributed by atoms with van der Waals surface area (Å²) in [6, 6.07) is 0.791. The van der Waals surface area contributed by atoms with Gasteiger partial charge in [-0.2, -0.15) is 12.6 Å². The molecule has 1 aromatic heterocycles. The zero-order valence-electron chi connectivity index (χ0n) is 18.5. The van der Waals surface area contributed by atoms with Crippen LogP contribution in [0.3, 0.4) is 0 Å². The number of nitrogens with zero attached hydrogens (tertiary/aromatic N) is 1. The molecule has 35 heavy (non-hydrogen) atoms. The number of hydrogen-bond acceptors (Lipinski definition) is 9. The number of carboxylic acid groups (broad SMARTS) is 1. The van der Waals surface area contributed by atoms with E-state index in [1.807, 2.05) is 0 Å². The van der Waals surface area contributed by atoms with Crippen LogP contribution >= 0.6 is 12.6 Å². The fraction of sp³-hybridized carbons (Fsp3) is 0.381. The van der Waals surface area contributed by atoms with Crippen molar-refractivity contribution in [1.82, 2.24) is 25.9 Å². The zero-order valence-corrected chi connectivity index (χ0v) is 19.4. The van der Waals surface area contributed by atoms with Crippen LogP contribution in [0.25, 0.3) is 0 Å². The number of benzene rings is 1. The minimum Gasteiger partial charge on any atom is -0.508 e. The molecule has 0 radical (unpaired) electrons. The second-order valence-electron chi connectivity index (χ2n) is 7.64. The highest BCUT2D eigenvalue weighted by Crippen LogP contribution is 2.12. The first kappa shape index (κ1) is 27.6. The van der Waals surface area contributed by atoms with E-state index in [0.29, 0.717) is 11.3 Å². The summed E-state index contributed by atoms with van der Waals surface area (Å²) in [5.41, 5.74) is 6.59. The molecule has 13 nitrogen and oxygen atoms in total. The Bertz CT molecular complexity index is 1000. The molecule has 0 fully saturated rings. The van der Waals surface area contributed by atoms with Crippen molar-refractivity contribution in [2.45, 2.75) is 37.0 Å². The molecular formula is C21H28N6O7S. The number of phenolic OH excluding ortho intramolecular Hbond substituents is 1. The fourth-order valence-corrected chi connectivity index (χ4v) is 3.16. The highest BCUT2D eigenvalue weighted by molar-refractivity contribution is 7.80. The molecule has 0 saturated carbocycles. The van der Waals surface area contributed by atoms with E-state index in [-0.39, 0.29) is 24.3 Å². The standard InChI is InChI=1S/C21H28N6O7S/c22-14(9-35)18(30)27-17(8-28)20(32)25-15(6-12-7-23-10-24-12)19(31)26-16(21(33)34)5-11-1-3-13(29)4-2-11/h1-4,7,10,14-17,28-29,35H,5-6,8-9,22H2,(H,23,24)(H,25,32)(H,26,31)(H,27,30)(H,33,34). The minimum absolute atomic E-state index is 0.00727. The number of carboxylic acids is 1. The third kappa shape index (κ3) is 8.59. The maximum atomic E-state index is 13.0. The lowest BCUT2D eigenvalue weighted by molar-refractivity contribution is -0.142. The van der Waals surface area contributed by atoms with Gasteiger partial charge >= 0.3 is 5.97 Å². The van der Waals surface area contributed by atoms with Gasteiger partial charge in [-0.3, -0.25) is 14.4 Å². The number of thiol groups is 1. The van der Waals surface area contributed by atoms with Crippen molar-refractivity contribution < 1.29 is 34.5 Å². The van der Waals surface area contributed by atoms with Crippen molar-refractivity contribution in [3.63, 3.8) is 0 Å². The number of aromatic hydroxyl groups is 1. The number of hydrogen-bond donors (Lipinski definition) is 9. The molecule has 0 spiro atoms. The van der Waals surface area contributed by atoms with Crippen LogP contribution in [0, 0.1) is 0 Å². The minimum atomic E-state index is -1.40. The van der Waals surface area contributed by atoms with Crippen molar-refractivity contribution in [1.29, 1.82) is 0 Å². The second kappa shape index (κ2) is 13.3. The predicted molar refractivity (Wildman–Crippen MR) is 126 cm³/mol. The first-order valence-electron chi connectivity index (χ1n) is 10.5. The Kier molecular flexibility index (Phi) is 10.5. The molecule has 2 aromatic rings.